The lowest BCUT2D eigenvalue weighted by Crippen LogP contribution is -2.25. The van der Waals surface area contributed by atoms with Crippen LogP contribution >= 0.6 is 0 Å². The maximum Gasteiger partial charge on any atom is 0.254 e. The van der Waals surface area contributed by atoms with Gasteiger partial charge in [-0.15, -0.1) is 0 Å². The van der Waals surface area contributed by atoms with Crippen molar-refractivity contribution in [1.82, 2.24) is 25.1 Å². The number of nitrogens with one attached hydrogen (secondary N) is 2. The number of hydrogen-bond donors (Lipinski definition) is 2. The first-order valence-electron chi connectivity index (χ1n) is 7.09. The van der Waals surface area contributed by atoms with Crippen molar-refractivity contribution in [3.63, 3.8) is 0 Å². The Morgan fingerprint density at radius 1 is 1.32 bits per heavy atom. The molecule has 0 atom stereocenters. The average Bonchev–Trinajstić information content (AvgIpc) is 3.18. The fourth-order valence-electron chi connectivity index (χ4n) is 2.73. The smallest absolute Gasteiger partial charge is 0.254 e. The van der Waals surface area contributed by atoms with E-state index >= 15 is 0 Å². The number of hydrogen-bond acceptors (Lipinski definition) is 4. The topological polar surface area (TPSA) is 80.9 Å². The van der Waals surface area contributed by atoms with E-state index in [0.29, 0.717) is 18.7 Å². The first-order valence-corrected chi connectivity index (χ1v) is 7.09. The summed E-state index contributed by atoms with van der Waals surface area (Å²) in [5, 5.41) is 6.92. The number of carbonyl (C=O) groups excluding carboxylic acids is 1. The predicted octanol–water partition coefficient (Wildman–Crippen LogP) is 1.51. The van der Waals surface area contributed by atoms with E-state index in [2.05, 4.69) is 20.2 Å². The van der Waals surface area contributed by atoms with Crippen LogP contribution in [-0.2, 0) is 13.1 Å². The highest BCUT2D eigenvalue weighted by Gasteiger charge is 2.25. The molecule has 1 amide bonds. The lowest BCUT2D eigenvalue weighted by atomic mass is 10.2. The van der Waals surface area contributed by atoms with Gasteiger partial charge in [0.25, 0.3) is 5.91 Å². The highest BCUT2D eigenvalue weighted by atomic mass is 16.2. The van der Waals surface area contributed by atoms with Crippen LogP contribution in [0.3, 0.4) is 0 Å². The zero-order valence-corrected chi connectivity index (χ0v) is 12.4. The summed E-state index contributed by atoms with van der Waals surface area (Å²) in [5.41, 5.74) is 4.50. The van der Waals surface area contributed by atoms with Crippen molar-refractivity contribution in [3.05, 3.63) is 41.2 Å². The number of benzene rings is 1. The predicted molar refractivity (Wildman–Crippen MR) is 82.6 cm³/mol. The lowest BCUT2D eigenvalue weighted by Gasteiger charge is -2.15. The average molecular weight is 296 g/mol. The van der Waals surface area contributed by atoms with Crippen LogP contribution in [0, 0.1) is 0 Å². The number of fused-ring (bicyclic) bond motifs is 2. The number of carbonyl (C=O) groups is 1. The fraction of sp³-hybridized carbons (Fsp3) is 0.267. The van der Waals surface area contributed by atoms with Gasteiger partial charge in [0.15, 0.2) is 0 Å². The van der Waals surface area contributed by atoms with Crippen LogP contribution in [0.2, 0.25) is 0 Å². The van der Waals surface area contributed by atoms with E-state index in [4.69, 9.17) is 0 Å². The van der Waals surface area contributed by atoms with Gasteiger partial charge in [0.05, 0.1) is 29.5 Å². The van der Waals surface area contributed by atoms with Crippen molar-refractivity contribution < 1.29 is 4.79 Å². The Hall–Kier alpha value is -2.83. The van der Waals surface area contributed by atoms with Crippen molar-refractivity contribution in [2.45, 2.75) is 13.1 Å². The number of amides is 1. The minimum absolute atomic E-state index is 0.0208. The van der Waals surface area contributed by atoms with E-state index in [1.807, 2.05) is 42.1 Å². The molecule has 7 heteroatoms. The minimum atomic E-state index is 0.0208. The Bertz CT molecular complexity index is 841. The summed E-state index contributed by atoms with van der Waals surface area (Å²) in [6.07, 6.45) is 1.78. The molecule has 0 radical (unpaired) electrons. The van der Waals surface area contributed by atoms with Crippen LogP contribution in [0.1, 0.15) is 21.6 Å². The third-order valence-electron chi connectivity index (χ3n) is 3.94. The number of imidazole rings is 1. The molecule has 3 heterocycles. The minimum Gasteiger partial charge on any atom is -0.349 e. The normalized spacial score (nSPS) is 13.6. The van der Waals surface area contributed by atoms with E-state index in [1.165, 1.54) is 0 Å². The monoisotopic (exact) mass is 296 g/mol. The van der Waals surface area contributed by atoms with Crippen LogP contribution in [0.4, 0.5) is 5.95 Å². The van der Waals surface area contributed by atoms with Gasteiger partial charge in [-0.3, -0.25) is 9.89 Å². The van der Waals surface area contributed by atoms with Crippen molar-refractivity contribution in [2.24, 2.45) is 0 Å². The van der Waals surface area contributed by atoms with E-state index in [1.54, 1.807) is 6.20 Å². The molecule has 22 heavy (non-hydrogen) atoms. The molecular weight excluding hydrogens is 280 g/mol. The molecule has 0 saturated heterocycles. The third-order valence-corrected chi connectivity index (χ3v) is 3.94. The SMILES string of the molecule is CN(C)c1nc2ccc(C(=O)N3Cc4cn[nH]c4C3)cc2[nH]1. The molecule has 1 aliphatic heterocycles. The van der Waals surface area contributed by atoms with Gasteiger partial charge in [-0.05, 0) is 18.2 Å². The second-order valence-electron chi connectivity index (χ2n) is 5.72. The largest absolute Gasteiger partial charge is 0.349 e. The van der Waals surface area contributed by atoms with Gasteiger partial charge in [-0.2, -0.15) is 5.10 Å². The summed E-state index contributed by atoms with van der Waals surface area (Å²) < 4.78 is 0. The maximum absolute atomic E-state index is 12.6. The number of H-pyrrole nitrogens is 2. The van der Waals surface area contributed by atoms with Gasteiger partial charge in [0, 0.05) is 31.8 Å². The molecule has 0 bridgehead atoms. The molecule has 2 N–H and O–H groups in total. The number of aromatic nitrogens is 4. The van der Waals surface area contributed by atoms with Crippen molar-refractivity contribution in [3.8, 4) is 0 Å². The van der Waals surface area contributed by atoms with Crippen LogP contribution in [0.5, 0.6) is 0 Å². The second kappa shape index (κ2) is 4.59. The summed E-state index contributed by atoms with van der Waals surface area (Å²) in [4.78, 5) is 24.0. The van der Waals surface area contributed by atoms with E-state index < -0.39 is 0 Å². The number of rotatable bonds is 2. The molecule has 7 nitrogen and oxygen atoms in total. The molecule has 2 aromatic heterocycles. The van der Waals surface area contributed by atoms with Gasteiger partial charge >= 0.3 is 0 Å². The molecule has 0 spiro atoms. The summed E-state index contributed by atoms with van der Waals surface area (Å²) in [6.45, 7) is 1.19. The van der Waals surface area contributed by atoms with E-state index in [0.717, 1.165) is 28.2 Å². The van der Waals surface area contributed by atoms with Gasteiger partial charge in [-0.25, -0.2) is 4.98 Å². The molecule has 0 fully saturated rings. The number of anilines is 1. The van der Waals surface area contributed by atoms with Gasteiger partial charge in [0.2, 0.25) is 5.95 Å². The molecule has 1 aliphatic rings. The molecule has 3 aromatic rings. The van der Waals surface area contributed by atoms with Gasteiger partial charge in [-0.1, -0.05) is 0 Å². The Morgan fingerprint density at radius 3 is 2.95 bits per heavy atom. The van der Waals surface area contributed by atoms with E-state index in [9.17, 15) is 4.79 Å². The van der Waals surface area contributed by atoms with Crippen LogP contribution in [0.15, 0.2) is 24.4 Å². The highest BCUT2D eigenvalue weighted by molar-refractivity contribution is 5.97. The van der Waals surface area contributed by atoms with Crippen molar-refractivity contribution in [1.29, 1.82) is 0 Å². The Balaban J connectivity index is 1.63. The first-order chi connectivity index (χ1) is 10.6. The first kappa shape index (κ1) is 12.9. The van der Waals surface area contributed by atoms with Crippen LogP contribution in [0.25, 0.3) is 11.0 Å². The van der Waals surface area contributed by atoms with Crippen molar-refractivity contribution in [2.75, 3.05) is 19.0 Å². The van der Waals surface area contributed by atoms with Gasteiger partial charge < -0.3 is 14.8 Å². The molecular formula is C15H16N6O. The number of nitrogens with zero attached hydrogens (tertiary/aromatic N) is 4. The zero-order valence-electron chi connectivity index (χ0n) is 12.4. The lowest BCUT2D eigenvalue weighted by molar-refractivity contribution is 0.0749. The second-order valence-corrected chi connectivity index (χ2v) is 5.72. The highest BCUT2D eigenvalue weighted by Crippen LogP contribution is 2.24. The molecule has 1 aromatic carbocycles. The van der Waals surface area contributed by atoms with Crippen molar-refractivity contribution >= 4 is 22.9 Å². The fourth-order valence-corrected chi connectivity index (χ4v) is 2.73. The number of aromatic amines is 2. The zero-order chi connectivity index (χ0) is 15.3. The van der Waals surface area contributed by atoms with Crippen LogP contribution in [-0.4, -0.2) is 45.1 Å². The molecule has 0 aliphatic carbocycles. The quantitative estimate of drug-likeness (QED) is 0.751. The molecule has 0 saturated carbocycles. The summed E-state index contributed by atoms with van der Waals surface area (Å²) >= 11 is 0. The standard InChI is InChI=1S/C15H16N6O/c1-20(2)15-17-11-4-3-9(5-12(11)18-15)14(22)21-7-10-6-16-19-13(10)8-21/h3-6H,7-8H2,1-2H3,(H,16,19)(H,17,18). The van der Waals surface area contributed by atoms with E-state index in [-0.39, 0.29) is 5.91 Å². The van der Waals surface area contributed by atoms with Gasteiger partial charge in [0.1, 0.15) is 0 Å². The third kappa shape index (κ3) is 1.93. The maximum atomic E-state index is 12.6. The summed E-state index contributed by atoms with van der Waals surface area (Å²) in [7, 11) is 3.85. The molecule has 0 unspecified atom stereocenters. The Kier molecular flexibility index (Phi) is 2.69. The van der Waals surface area contributed by atoms with Crippen LogP contribution < -0.4 is 4.90 Å². The summed E-state index contributed by atoms with van der Waals surface area (Å²) in [5.74, 6) is 0.800. The Labute approximate surface area is 126 Å². The molecule has 112 valence electrons. The summed E-state index contributed by atoms with van der Waals surface area (Å²) in [6, 6.07) is 5.57. The molecule has 4 rings (SSSR count). The Morgan fingerprint density at radius 2 is 2.18 bits per heavy atom.